The van der Waals surface area contributed by atoms with Crippen LogP contribution in [0.3, 0.4) is 0 Å². The molecule has 0 radical (unpaired) electrons. The molecule has 132 valence electrons. The second-order valence-corrected chi connectivity index (χ2v) is 5.79. The van der Waals surface area contributed by atoms with Gasteiger partial charge in [-0.25, -0.2) is 15.0 Å². The number of anilines is 3. The number of aromatic nitrogens is 4. The van der Waals surface area contributed by atoms with E-state index in [-0.39, 0.29) is 5.75 Å². The van der Waals surface area contributed by atoms with Crippen molar-refractivity contribution in [1.29, 1.82) is 0 Å². The molecule has 0 atom stereocenters. The van der Waals surface area contributed by atoms with Gasteiger partial charge in [0, 0.05) is 37.1 Å². The van der Waals surface area contributed by atoms with Crippen molar-refractivity contribution in [1.82, 2.24) is 19.9 Å². The molecule has 0 bridgehead atoms. The van der Waals surface area contributed by atoms with Crippen molar-refractivity contribution in [2.75, 3.05) is 36.5 Å². The van der Waals surface area contributed by atoms with E-state index >= 15 is 0 Å². The monoisotopic (exact) mass is 350 g/mol. The average molecular weight is 350 g/mol. The lowest BCUT2D eigenvalue weighted by molar-refractivity contribution is 0.122. The number of morpholine rings is 1. The molecule has 1 aliphatic heterocycles. The van der Waals surface area contributed by atoms with E-state index < -0.39 is 0 Å². The van der Waals surface area contributed by atoms with Gasteiger partial charge in [-0.15, -0.1) is 0 Å². The lowest BCUT2D eigenvalue weighted by Crippen LogP contribution is -2.37. The van der Waals surface area contributed by atoms with Gasteiger partial charge in [-0.3, -0.25) is 0 Å². The third kappa shape index (κ3) is 3.70. The van der Waals surface area contributed by atoms with Gasteiger partial charge in [0.25, 0.3) is 0 Å². The Hall–Kier alpha value is -3.26. The zero-order chi connectivity index (χ0) is 17.8. The Bertz CT molecular complexity index is 884. The highest BCUT2D eigenvalue weighted by Gasteiger charge is 2.17. The molecular weight excluding hydrogens is 332 g/mol. The molecule has 0 amide bonds. The van der Waals surface area contributed by atoms with Gasteiger partial charge in [0.05, 0.1) is 18.9 Å². The van der Waals surface area contributed by atoms with E-state index in [2.05, 4.69) is 30.2 Å². The van der Waals surface area contributed by atoms with E-state index in [1.54, 1.807) is 36.7 Å². The van der Waals surface area contributed by atoms with Crippen LogP contribution < -0.4 is 10.2 Å². The molecule has 8 heteroatoms. The van der Waals surface area contributed by atoms with Gasteiger partial charge in [-0.05, 0) is 18.2 Å². The van der Waals surface area contributed by atoms with Crippen LogP contribution in [-0.2, 0) is 4.74 Å². The number of phenolic OH excluding ortho intramolecular Hbond substituents is 1. The highest BCUT2D eigenvalue weighted by atomic mass is 16.5. The molecule has 1 saturated heterocycles. The van der Waals surface area contributed by atoms with Crippen LogP contribution in [0.2, 0.25) is 0 Å². The largest absolute Gasteiger partial charge is 0.508 e. The van der Waals surface area contributed by atoms with Crippen LogP contribution >= 0.6 is 0 Å². The van der Waals surface area contributed by atoms with Crippen molar-refractivity contribution in [2.45, 2.75) is 0 Å². The molecule has 0 unspecified atom stereocenters. The van der Waals surface area contributed by atoms with Crippen molar-refractivity contribution in [3.63, 3.8) is 0 Å². The molecule has 1 fully saturated rings. The Balaban J connectivity index is 1.73. The molecule has 3 aromatic rings. The van der Waals surface area contributed by atoms with E-state index in [0.717, 1.165) is 18.7 Å². The van der Waals surface area contributed by atoms with E-state index in [1.165, 1.54) is 0 Å². The van der Waals surface area contributed by atoms with Gasteiger partial charge in [0.15, 0.2) is 0 Å². The molecule has 0 spiro atoms. The summed E-state index contributed by atoms with van der Waals surface area (Å²) < 4.78 is 5.41. The molecule has 2 aromatic heterocycles. The van der Waals surface area contributed by atoms with E-state index in [1.807, 2.05) is 12.1 Å². The normalized spacial score (nSPS) is 14.2. The Labute approximate surface area is 150 Å². The highest BCUT2D eigenvalue weighted by molar-refractivity contribution is 5.67. The number of hydrogen-bond donors (Lipinski definition) is 2. The van der Waals surface area contributed by atoms with Crippen LogP contribution in [0.25, 0.3) is 11.3 Å². The van der Waals surface area contributed by atoms with Gasteiger partial charge in [-0.2, -0.15) is 4.98 Å². The fraction of sp³-hybridized carbons (Fsp3) is 0.222. The number of rotatable bonds is 4. The number of ether oxygens (including phenoxy) is 1. The minimum Gasteiger partial charge on any atom is -0.508 e. The summed E-state index contributed by atoms with van der Waals surface area (Å²) >= 11 is 0. The van der Waals surface area contributed by atoms with E-state index in [0.29, 0.717) is 36.6 Å². The van der Waals surface area contributed by atoms with Crippen molar-refractivity contribution in [3.8, 4) is 17.0 Å². The van der Waals surface area contributed by atoms with Gasteiger partial charge < -0.3 is 20.1 Å². The highest BCUT2D eigenvalue weighted by Crippen LogP contribution is 2.26. The number of hydrogen-bond acceptors (Lipinski definition) is 8. The topological polar surface area (TPSA) is 96.3 Å². The van der Waals surface area contributed by atoms with Crippen LogP contribution in [0.1, 0.15) is 0 Å². The summed E-state index contributed by atoms with van der Waals surface area (Å²) in [4.78, 5) is 19.7. The van der Waals surface area contributed by atoms with Crippen LogP contribution in [0.5, 0.6) is 5.75 Å². The first-order valence-electron chi connectivity index (χ1n) is 8.33. The predicted molar refractivity (Wildman–Crippen MR) is 97.5 cm³/mol. The van der Waals surface area contributed by atoms with Gasteiger partial charge in [-0.1, -0.05) is 12.1 Å². The molecule has 4 rings (SSSR count). The molecule has 1 aliphatic rings. The van der Waals surface area contributed by atoms with Gasteiger partial charge in [0.2, 0.25) is 11.9 Å². The maximum absolute atomic E-state index is 9.79. The minimum absolute atomic E-state index is 0.190. The molecule has 3 heterocycles. The Kier molecular flexibility index (Phi) is 4.57. The lowest BCUT2D eigenvalue weighted by Gasteiger charge is -2.27. The summed E-state index contributed by atoms with van der Waals surface area (Å²) in [5.74, 6) is 1.84. The zero-order valence-electron chi connectivity index (χ0n) is 14.0. The summed E-state index contributed by atoms with van der Waals surface area (Å²) in [5, 5.41) is 12.9. The Morgan fingerprint density at radius 2 is 1.81 bits per heavy atom. The zero-order valence-corrected chi connectivity index (χ0v) is 14.0. The number of nitrogens with one attached hydrogen (secondary N) is 1. The first kappa shape index (κ1) is 16.2. The number of benzene rings is 1. The smallest absolute Gasteiger partial charge is 0.228 e. The Morgan fingerprint density at radius 3 is 2.58 bits per heavy atom. The standard InChI is InChI=1S/C18H18N6O2/c25-14-4-1-3-13(11-14)15-12-16(22-17-19-5-2-6-20-17)23-18(21-15)24-7-9-26-10-8-24/h1-6,11-12,25H,7-10H2,(H,19,20,21,22,23). The van der Waals surface area contributed by atoms with Crippen LogP contribution in [-0.4, -0.2) is 51.3 Å². The van der Waals surface area contributed by atoms with Crippen molar-refractivity contribution < 1.29 is 9.84 Å². The van der Waals surface area contributed by atoms with Crippen molar-refractivity contribution in [3.05, 3.63) is 48.8 Å². The summed E-state index contributed by atoms with van der Waals surface area (Å²) in [7, 11) is 0. The number of nitrogens with zero attached hydrogens (tertiary/aromatic N) is 5. The third-order valence-corrected chi connectivity index (χ3v) is 3.96. The van der Waals surface area contributed by atoms with Gasteiger partial charge in [0.1, 0.15) is 11.6 Å². The van der Waals surface area contributed by atoms with Crippen LogP contribution in [0.15, 0.2) is 48.8 Å². The number of phenols is 1. The van der Waals surface area contributed by atoms with Crippen molar-refractivity contribution >= 4 is 17.7 Å². The summed E-state index contributed by atoms with van der Waals surface area (Å²) in [6.45, 7) is 2.74. The molecule has 26 heavy (non-hydrogen) atoms. The lowest BCUT2D eigenvalue weighted by atomic mass is 10.1. The average Bonchev–Trinajstić information content (AvgIpc) is 2.69. The van der Waals surface area contributed by atoms with E-state index in [9.17, 15) is 5.11 Å². The second-order valence-electron chi connectivity index (χ2n) is 5.79. The summed E-state index contributed by atoms with van der Waals surface area (Å²) in [6.07, 6.45) is 3.32. The fourth-order valence-corrected chi connectivity index (χ4v) is 2.69. The molecule has 0 saturated carbocycles. The maximum atomic E-state index is 9.79. The van der Waals surface area contributed by atoms with Crippen LogP contribution in [0.4, 0.5) is 17.7 Å². The molecule has 0 aliphatic carbocycles. The van der Waals surface area contributed by atoms with E-state index in [4.69, 9.17) is 4.74 Å². The second kappa shape index (κ2) is 7.32. The number of aromatic hydroxyl groups is 1. The molecule has 2 N–H and O–H groups in total. The molecular formula is C18H18N6O2. The predicted octanol–water partition coefficient (Wildman–Crippen LogP) is 2.22. The Morgan fingerprint density at radius 1 is 1.00 bits per heavy atom. The quantitative estimate of drug-likeness (QED) is 0.739. The summed E-state index contributed by atoms with van der Waals surface area (Å²) in [6, 6.07) is 10.6. The first-order chi connectivity index (χ1) is 12.8. The summed E-state index contributed by atoms with van der Waals surface area (Å²) in [5.41, 5.74) is 1.51. The first-order valence-corrected chi connectivity index (χ1v) is 8.33. The maximum Gasteiger partial charge on any atom is 0.228 e. The minimum atomic E-state index is 0.190. The van der Waals surface area contributed by atoms with Gasteiger partial charge >= 0.3 is 0 Å². The fourth-order valence-electron chi connectivity index (χ4n) is 2.69. The molecule has 1 aromatic carbocycles. The molecule has 8 nitrogen and oxygen atoms in total. The van der Waals surface area contributed by atoms with Crippen molar-refractivity contribution in [2.24, 2.45) is 0 Å². The SMILES string of the molecule is Oc1cccc(-c2cc(Nc3ncccn3)nc(N3CCOCC3)n2)c1. The third-order valence-electron chi connectivity index (χ3n) is 3.96. The van der Waals surface area contributed by atoms with Crippen LogP contribution in [0, 0.1) is 0 Å².